The normalized spacial score (nSPS) is 29.3. The highest BCUT2D eigenvalue weighted by molar-refractivity contribution is 4.88. The Kier molecular flexibility index (Phi) is 4.87. The van der Waals surface area contributed by atoms with E-state index in [-0.39, 0.29) is 0 Å². The van der Waals surface area contributed by atoms with E-state index in [1.165, 1.54) is 58.3 Å². The molecule has 0 N–H and O–H groups in total. The van der Waals surface area contributed by atoms with Crippen LogP contribution in [-0.2, 0) is 0 Å². The second kappa shape index (κ2) is 6.19. The average molecular weight is 238 g/mol. The van der Waals surface area contributed by atoms with E-state index in [1.54, 1.807) is 0 Å². The molecule has 0 saturated carbocycles. The molecule has 0 aliphatic carbocycles. The standard InChI is InChI=1S/C15H30N2/c1-4-14(5-2)13(3)17-11-10-16-9-7-6-8-15(16)12-17/h13-15H,4-12H2,1-3H3. The third-order valence-corrected chi connectivity index (χ3v) is 5.18. The summed E-state index contributed by atoms with van der Waals surface area (Å²) in [4.78, 5) is 5.50. The quantitative estimate of drug-likeness (QED) is 0.743. The SMILES string of the molecule is CCC(CC)C(C)N1CCN2CCCCC2C1. The maximum atomic E-state index is 2.77. The van der Waals surface area contributed by atoms with Crippen molar-refractivity contribution in [1.29, 1.82) is 0 Å². The van der Waals surface area contributed by atoms with E-state index in [0.29, 0.717) is 0 Å². The van der Waals surface area contributed by atoms with E-state index in [2.05, 4.69) is 30.6 Å². The van der Waals surface area contributed by atoms with Crippen molar-refractivity contribution in [2.24, 2.45) is 5.92 Å². The lowest BCUT2D eigenvalue weighted by Crippen LogP contribution is -2.57. The molecule has 2 aliphatic rings. The van der Waals surface area contributed by atoms with Crippen LogP contribution in [0.5, 0.6) is 0 Å². The number of fused-ring (bicyclic) bond motifs is 1. The van der Waals surface area contributed by atoms with Crippen LogP contribution >= 0.6 is 0 Å². The molecule has 0 spiro atoms. The van der Waals surface area contributed by atoms with Gasteiger partial charge >= 0.3 is 0 Å². The lowest BCUT2D eigenvalue weighted by atomic mass is 9.92. The van der Waals surface area contributed by atoms with E-state index >= 15 is 0 Å². The van der Waals surface area contributed by atoms with E-state index < -0.39 is 0 Å². The zero-order chi connectivity index (χ0) is 12.3. The molecule has 100 valence electrons. The molecular weight excluding hydrogens is 208 g/mol. The summed E-state index contributed by atoms with van der Waals surface area (Å²) < 4.78 is 0. The van der Waals surface area contributed by atoms with Gasteiger partial charge in [0.25, 0.3) is 0 Å². The van der Waals surface area contributed by atoms with Gasteiger partial charge in [-0.1, -0.05) is 33.1 Å². The lowest BCUT2D eigenvalue weighted by Gasteiger charge is -2.47. The van der Waals surface area contributed by atoms with Crippen LogP contribution in [0.3, 0.4) is 0 Å². The van der Waals surface area contributed by atoms with E-state index in [9.17, 15) is 0 Å². The van der Waals surface area contributed by atoms with Gasteiger partial charge in [-0.3, -0.25) is 9.80 Å². The molecule has 0 radical (unpaired) electrons. The fraction of sp³-hybridized carbons (Fsp3) is 1.00. The minimum atomic E-state index is 0.786. The summed E-state index contributed by atoms with van der Waals surface area (Å²) in [7, 11) is 0. The van der Waals surface area contributed by atoms with Crippen molar-refractivity contribution in [3.05, 3.63) is 0 Å². The molecule has 0 bridgehead atoms. The fourth-order valence-electron chi connectivity index (χ4n) is 3.82. The summed E-state index contributed by atoms with van der Waals surface area (Å²) in [6.07, 6.45) is 6.99. The molecule has 2 rings (SSSR count). The monoisotopic (exact) mass is 238 g/mol. The minimum absolute atomic E-state index is 0.786. The molecule has 2 saturated heterocycles. The third kappa shape index (κ3) is 3.03. The van der Waals surface area contributed by atoms with Crippen molar-refractivity contribution >= 4 is 0 Å². The zero-order valence-corrected chi connectivity index (χ0v) is 12.0. The number of hydrogen-bond donors (Lipinski definition) is 0. The topological polar surface area (TPSA) is 6.48 Å². The Balaban J connectivity index is 1.90. The molecule has 2 aliphatic heterocycles. The van der Waals surface area contributed by atoms with Gasteiger partial charge in [0.05, 0.1) is 0 Å². The summed E-state index contributed by atoms with van der Waals surface area (Å²) in [5.41, 5.74) is 0. The maximum absolute atomic E-state index is 2.77. The van der Waals surface area contributed by atoms with E-state index in [0.717, 1.165) is 18.0 Å². The molecule has 2 atom stereocenters. The van der Waals surface area contributed by atoms with Crippen LogP contribution < -0.4 is 0 Å². The van der Waals surface area contributed by atoms with Gasteiger partial charge in [-0.2, -0.15) is 0 Å². The fourth-order valence-corrected chi connectivity index (χ4v) is 3.82. The van der Waals surface area contributed by atoms with Crippen LogP contribution in [0.2, 0.25) is 0 Å². The van der Waals surface area contributed by atoms with Gasteiger partial charge in [0.15, 0.2) is 0 Å². The van der Waals surface area contributed by atoms with Crippen LogP contribution in [0.25, 0.3) is 0 Å². The number of piperidine rings is 1. The first-order valence-corrected chi connectivity index (χ1v) is 7.74. The van der Waals surface area contributed by atoms with E-state index in [4.69, 9.17) is 0 Å². The van der Waals surface area contributed by atoms with E-state index in [1.807, 2.05) is 0 Å². The zero-order valence-electron chi connectivity index (χ0n) is 12.0. The Morgan fingerprint density at radius 1 is 1.06 bits per heavy atom. The molecule has 2 heteroatoms. The van der Waals surface area contributed by atoms with Crippen molar-refractivity contribution in [3.63, 3.8) is 0 Å². The van der Waals surface area contributed by atoms with Crippen LogP contribution in [0, 0.1) is 5.92 Å². The summed E-state index contributed by atoms with van der Waals surface area (Å²) in [5, 5.41) is 0. The average Bonchev–Trinajstić information content (AvgIpc) is 2.39. The molecule has 0 aromatic carbocycles. The maximum Gasteiger partial charge on any atom is 0.0223 e. The van der Waals surface area contributed by atoms with Crippen molar-refractivity contribution in [3.8, 4) is 0 Å². The summed E-state index contributed by atoms with van der Waals surface area (Å²) >= 11 is 0. The van der Waals surface area contributed by atoms with Crippen molar-refractivity contribution < 1.29 is 0 Å². The highest BCUT2D eigenvalue weighted by Crippen LogP contribution is 2.25. The predicted octanol–water partition coefficient (Wildman–Crippen LogP) is 2.98. The van der Waals surface area contributed by atoms with Crippen LogP contribution in [-0.4, -0.2) is 48.1 Å². The Hall–Kier alpha value is -0.0800. The molecule has 0 aromatic heterocycles. The number of piperazine rings is 1. The second-order valence-corrected chi connectivity index (χ2v) is 6.00. The van der Waals surface area contributed by atoms with Gasteiger partial charge in [0, 0.05) is 31.7 Å². The van der Waals surface area contributed by atoms with Gasteiger partial charge in [-0.05, 0) is 32.2 Å². The van der Waals surface area contributed by atoms with Crippen molar-refractivity contribution in [2.75, 3.05) is 26.2 Å². The Morgan fingerprint density at radius 3 is 2.53 bits per heavy atom. The lowest BCUT2D eigenvalue weighted by molar-refractivity contribution is 0.0161. The van der Waals surface area contributed by atoms with Gasteiger partial charge < -0.3 is 0 Å². The molecule has 0 amide bonds. The largest absolute Gasteiger partial charge is 0.298 e. The van der Waals surface area contributed by atoms with Crippen LogP contribution in [0.1, 0.15) is 52.9 Å². The first kappa shape index (κ1) is 13.4. The van der Waals surface area contributed by atoms with Gasteiger partial charge in [-0.15, -0.1) is 0 Å². The highest BCUT2D eigenvalue weighted by atomic mass is 15.3. The minimum Gasteiger partial charge on any atom is -0.298 e. The van der Waals surface area contributed by atoms with Crippen molar-refractivity contribution in [1.82, 2.24) is 9.80 Å². The number of nitrogens with zero attached hydrogens (tertiary/aromatic N) is 2. The molecule has 17 heavy (non-hydrogen) atoms. The summed E-state index contributed by atoms with van der Waals surface area (Å²) in [6, 6.07) is 1.66. The second-order valence-electron chi connectivity index (χ2n) is 6.00. The smallest absolute Gasteiger partial charge is 0.0223 e. The molecule has 2 nitrogen and oxygen atoms in total. The molecule has 2 unspecified atom stereocenters. The summed E-state index contributed by atoms with van der Waals surface area (Å²) in [5.74, 6) is 0.894. The van der Waals surface area contributed by atoms with Crippen molar-refractivity contribution in [2.45, 2.75) is 65.0 Å². The Bertz CT molecular complexity index is 225. The van der Waals surface area contributed by atoms with Crippen LogP contribution in [0.4, 0.5) is 0 Å². The van der Waals surface area contributed by atoms with Gasteiger partial charge in [-0.25, -0.2) is 0 Å². The van der Waals surface area contributed by atoms with Gasteiger partial charge in [0.2, 0.25) is 0 Å². The Labute approximate surface area is 107 Å². The Morgan fingerprint density at radius 2 is 1.82 bits per heavy atom. The molecule has 0 aromatic rings. The van der Waals surface area contributed by atoms with Crippen LogP contribution in [0.15, 0.2) is 0 Å². The molecular formula is C15H30N2. The molecule has 2 heterocycles. The first-order valence-electron chi connectivity index (χ1n) is 7.74. The highest BCUT2D eigenvalue weighted by Gasteiger charge is 2.32. The number of rotatable bonds is 4. The predicted molar refractivity (Wildman–Crippen MR) is 74.3 cm³/mol. The van der Waals surface area contributed by atoms with Gasteiger partial charge in [0.1, 0.15) is 0 Å². The molecule has 2 fully saturated rings. The number of hydrogen-bond acceptors (Lipinski definition) is 2. The first-order chi connectivity index (χ1) is 8.26. The summed E-state index contributed by atoms with van der Waals surface area (Å²) in [6.45, 7) is 12.5. The third-order valence-electron chi connectivity index (χ3n) is 5.18.